The Hall–Kier alpha value is -3.32. The third-order valence-corrected chi connectivity index (χ3v) is 5.33. The second kappa shape index (κ2) is 9.50. The summed E-state index contributed by atoms with van der Waals surface area (Å²) in [6.45, 7) is 3.64. The minimum Gasteiger partial charge on any atom is -0.449 e. The highest BCUT2D eigenvalue weighted by molar-refractivity contribution is 5.68. The van der Waals surface area contributed by atoms with Gasteiger partial charge in [-0.2, -0.15) is 26.3 Å². The number of aromatic amines is 1. The zero-order valence-corrected chi connectivity index (χ0v) is 18.1. The lowest BCUT2D eigenvalue weighted by Crippen LogP contribution is -2.58. The van der Waals surface area contributed by atoms with Gasteiger partial charge in [0.25, 0.3) is 5.56 Å². The molecule has 2 aromatic rings. The fraction of sp³-hybridized carbons (Fsp3) is 0.500. The van der Waals surface area contributed by atoms with Crippen molar-refractivity contribution in [2.75, 3.05) is 24.6 Å². The van der Waals surface area contributed by atoms with Crippen LogP contribution in [0.1, 0.15) is 30.5 Å². The predicted octanol–water partition coefficient (Wildman–Crippen LogP) is 3.48. The Balaban J connectivity index is 1.58. The summed E-state index contributed by atoms with van der Waals surface area (Å²) in [7, 11) is 0. The quantitative estimate of drug-likeness (QED) is 0.656. The number of rotatable bonds is 4. The monoisotopic (exact) mass is 493 g/mol. The average molecular weight is 493 g/mol. The SMILES string of the molecule is C[C@@H]1CN(c2ncc(C(F)(F)F)cn2)[C@H](C)CN1C(=O)OCCc1c[nH]c(=O)c(C(F)(F)F)c1. The first-order chi connectivity index (χ1) is 15.8. The molecule has 2 aromatic heterocycles. The van der Waals surface area contributed by atoms with Gasteiger partial charge in [0, 0.05) is 50.2 Å². The smallest absolute Gasteiger partial charge is 0.421 e. The van der Waals surface area contributed by atoms with E-state index in [0.29, 0.717) is 18.5 Å². The van der Waals surface area contributed by atoms with Crippen molar-refractivity contribution >= 4 is 12.0 Å². The van der Waals surface area contributed by atoms with Crippen LogP contribution in [-0.4, -0.2) is 57.7 Å². The second-order valence-corrected chi connectivity index (χ2v) is 7.89. The van der Waals surface area contributed by atoms with E-state index in [4.69, 9.17) is 4.74 Å². The normalized spacial score (nSPS) is 19.3. The Morgan fingerprint density at radius 1 is 1.09 bits per heavy atom. The molecule has 0 aliphatic carbocycles. The molecule has 8 nitrogen and oxygen atoms in total. The molecule has 1 saturated heterocycles. The lowest BCUT2D eigenvalue weighted by atomic mass is 10.1. The molecular formula is C20H21F6N5O3. The van der Waals surface area contributed by atoms with Gasteiger partial charge in [-0.05, 0) is 25.5 Å². The maximum absolute atomic E-state index is 12.9. The topological polar surface area (TPSA) is 91.4 Å². The number of carbonyl (C=O) groups is 1. The van der Waals surface area contributed by atoms with E-state index in [2.05, 4.69) is 9.97 Å². The number of carbonyl (C=O) groups excluding carboxylic acids is 1. The second-order valence-electron chi connectivity index (χ2n) is 7.89. The summed E-state index contributed by atoms with van der Waals surface area (Å²) in [6.07, 6.45) is -7.57. The maximum atomic E-state index is 12.9. The Bertz CT molecular complexity index is 1070. The Morgan fingerprint density at radius 2 is 1.74 bits per heavy atom. The number of pyridine rings is 1. The van der Waals surface area contributed by atoms with Gasteiger partial charge in [-0.1, -0.05) is 0 Å². The minimum absolute atomic E-state index is 0.0467. The number of H-pyrrole nitrogens is 1. The highest BCUT2D eigenvalue weighted by atomic mass is 19.4. The number of anilines is 1. The molecule has 3 heterocycles. The number of amides is 1. The van der Waals surface area contributed by atoms with Crippen molar-refractivity contribution in [3.8, 4) is 0 Å². The molecule has 3 rings (SSSR count). The largest absolute Gasteiger partial charge is 0.449 e. The van der Waals surface area contributed by atoms with Crippen molar-refractivity contribution in [2.45, 2.75) is 44.7 Å². The highest BCUT2D eigenvalue weighted by Crippen LogP contribution is 2.29. The lowest BCUT2D eigenvalue weighted by Gasteiger charge is -2.43. The first-order valence-electron chi connectivity index (χ1n) is 10.2. The predicted molar refractivity (Wildman–Crippen MR) is 107 cm³/mol. The van der Waals surface area contributed by atoms with Gasteiger partial charge in [-0.25, -0.2) is 14.8 Å². The summed E-state index contributed by atoms with van der Waals surface area (Å²) in [4.78, 5) is 36.5. The summed E-state index contributed by atoms with van der Waals surface area (Å²) in [5.74, 6) is 0.0962. The van der Waals surface area contributed by atoms with Gasteiger partial charge in [-0.15, -0.1) is 0 Å². The molecule has 1 aliphatic heterocycles. The third-order valence-electron chi connectivity index (χ3n) is 5.33. The van der Waals surface area contributed by atoms with Gasteiger partial charge in [0.15, 0.2) is 0 Å². The van der Waals surface area contributed by atoms with Crippen LogP contribution in [-0.2, 0) is 23.5 Å². The van der Waals surface area contributed by atoms with Crippen LogP contribution < -0.4 is 10.5 Å². The molecule has 186 valence electrons. The number of hydrogen-bond donors (Lipinski definition) is 1. The van der Waals surface area contributed by atoms with E-state index < -0.39 is 41.2 Å². The van der Waals surface area contributed by atoms with Crippen LogP contribution in [0.25, 0.3) is 0 Å². The van der Waals surface area contributed by atoms with Crippen LogP contribution in [0.4, 0.5) is 37.1 Å². The standard InChI is InChI=1S/C20H21F6N5O3/c1-11-10-31(12(2)9-30(11)17-28-7-14(8-29-17)19(21,22)23)18(33)34-4-3-13-5-15(20(24,25)26)16(32)27-6-13/h5-8,11-12H,3-4,9-10H2,1-2H3,(H,27,32)/t11-,12-/m1/s1. The molecule has 1 amide bonds. The third kappa shape index (κ3) is 5.78. The van der Waals surface area contributed by atoms with E-state index in [-0.39, 0.29) is 43.7 Å². The maximum Gasteiger partial charge on any atom is 0.421 e. The molecule has 0 aromatic carbocycles. The molecule has 0 saturated carbocycles. The number of alkyl halides is 6. The van der Waals surface area contributed by atoms with Crippen molar-refractivity contribution < 1.29 is 35.9 Å². The molecule has 0 unspecified atom stereocenters. The fourth-order valence-corrected chi connectivity index (χ4v) is 3.50. The van der Waals surface area contributed by atoms with E-state index in [0.717, 1.165) is 6.20 Å². The molecule has 1 N–H and O–H groups in total. The fourth-order valence-electron chi connectivity index (χ4n) is 3.50. The molecule has 0 bridgehead atoms. The molecule has 0 radical (unpaired) electrons. The summed E-state index contributed by atoms with van der Waals surface area (Å²) >= 11 is 0. The molecule has 0 spiro atoms. The minimum atomic E-state index is -4.80. The average Bonchev–Trinajstić information content (AvgIpc) is 2.74. The van der Waals surface area contributed by atoms with Crippen molar-refractivity contribution in [2.24, 2.45) is 0 Å². The van der Waals surface area contributed by atoms with Gasteiger partial charge in [-0.3, -0.25) is 4.79 Å². The van der Waals surface area contributed by atoms with Gasteiger partial charge < -0.3 is 19.5 Å². The van der Waals surface area contributed by atoms with Crippen LogP contribution in [0.5, 0.6) is 0 Å². The summed E-state index contributed by atoms with van der Waals surface area (Å²) in [6, 6.07) is -0.0336. The van der Waals surface area contributed by atoms with Crippen LogP contribution >= 0.6 is 0 Å². The first-order valence-corrected chi connectivity index (χ1v) is 10.2. The molecule has 14 heteroatoms. The van der Waals surface area contributed by atoms with Gasteiger partial charge >= 0.3 is 18.4 Å². The van der Waals surface area contributed by atoms with Crippen molar-refractivity contribution in [1.29, 1.82) is 0 Å². The van der Waals surface area contributed by atoms with Crippen LogP contribution in [0, 0.1) is 0 Å². The molecule has 34 heavy (non-hydrogen) atoms. The van der Waals surface area contributed by atoms with Gasteiger partial charge in [0.05, 0.1) is 12.2 Å². The highest BCUT2D eigenvalue weighted by Gasteiger charge is 2.36. The van der Waals surface area contributed by atoms with E-state index in [9.17, 15) is 35.9 Å². The Labute approximate surface area is 189 Å². The van der Waals surface area contributed by atoms with Gasteiger partial charge in [0.2, 0.25) is 5.95 Å². The number of ether oxygens (including phenoxy) is 1. The number of nitrogens with zero attached hydrogens (tertiary/aromatic N) is 4. The van der Waals surface area contributed by atoms with Crippen molar-refractivity contribution in [3.63, 3.8) is 0 Å². The Kier molecular flexibility index (Phi) is 7.07. The number of hydrogen-bond acceptors (Lipinski definition) is 6. The van der Waals surface area contributed by atoms with E-state index in [1.165, 1.54) is 4.90 Å². The van der Waals surface area contributed by atoms with E-state index >= 15 is 0 Å². The molecule has 1 aliphatic rings. The first kappa shape index (κ1) is 25.3. The number of halogens is 6. The summed E-state index contributed by atoms with van der Waals surface area (Å²) in [5.41, 5.74) is -3.42. The lowest BCUT2D eigenvalue weighted by molar-refractivity contribution is -0.139. The number of nitrogens with one attached hydrogen (secondary N) is 1. The van der Waals surface area contributed by atoms with Crippen LogP contribution in [0.2, 0.25) is 0 Å². The summed E-state index contributed by atoms with van der Waals surface area (Å²) < 4.78 is 81.9. The zero-order chi connectivity index (χ0) is 25.3. The molecular weight excluding hydrogens is 472 g/mol. The van der Waals surface area contributed by atoms with E-state index in [1.54, 1.807) is 18.7 Å². The van der Waals surface area contributed by atoms with Crippen molar-refractivity contribution in [1.82, 2.24) is 19.9 Å². The molecule has 1 fully saturated rings. The number of piperazine rings is 1. The van der Waals surface area contributed by atoms with Crippen LogP contribution in [0.15, 0.2) is 29.5 Å². The number of aromatic nitrogens is 3. The zero-order valence-electron chi connectivity index (χ0n) is 18.1. The van der Waals surface area contributed by atoms with E-state index in [1.807, 2.05) is 4.98 Å². The summed E-state index contributed by atoms with van der Waals surface area (Å²) in [5, 5.41) is 0. The van der Waals surface area contributed by atoms with Crippen LogP contribution in [0.3, 0.4) is 0 Å². The van der Waals surface area contributed by atoms with Gasteiger partial charge in [0.1, 0.15) is 5.56 Å². The molecule has 2 atom stereocenters. The Morgan fingerprint density at radius 3 is 2.32 bits per heavy atom. The van der Waals surface area contributed by atoms with Crippen molar-refractivity contribution in [3.05, 3.63) is 51.7 Å².